The molecule has 1 aliphatic rings. The average Bonchev–Trinajstić information content (AvgIpc) is 2.61. The highest BCUT2D eigenvalue weighted by molar-refractivity contribution is 5.80. The van der Waals surface area contributed by atoms with Gasteiger partial charge >= 0.3 is 5.97 Å². The third kappa shape index (κ3) is 3.79. The zero-order valence-corrected chi connectivity index (χ0v) is 9.31. The monoisotopic (exact) mass is 230 g/mol. The first-order chi connectivity index (χ1) is 7.50. The first-order valence-corrected chi connectivity index (χ1v) is 5.36. The van der Waals surface area contributed by atoms with Gasteiger partial charge in [0.05, 0.1) is 19.1 Å². The zero-order chi connectivity index (χ0) is 12.1. The van der Waals surface area contributed by atoms with Gasteiger partial charge in [0.1, 0.15) is 0 Å². The van der Waals surface area contributed by atoms with E-state index in [1.165, 1.54) is 0 Å². The topological polar surface area (TPSA) is 102 Å². The summed E-state index contributed by atoms with van der Waals surface area (Å²) in [5.74, 6) is -1.32. The Kier molecular flexibility index (Phi) is 4.70. The fraction of sp³-hybridized carbons (Fsp3) is 0.800. The number of nitrogens with one attached hydrogen (secondary N) is 1. The first kappa shape index (κ1) is 12.9. The third-order valence-corrected chi connectivity index (χ3v) is 2.64. The van der Waals surface area contributed by atoms with Gasteiger partial charge in [-0.3, -0.25) is 9.59 Å². The van der Waals surface area contributed by atoms with Crippen molar-refractivity contribution in [1.29, 1.82) is 0 Å². The standard InChI is InChI=1S/C10H18N2O4/c1-6(2-3-9(13)14)12-10(15)7-4-16-5-8(7)11/h6-8H,2-5,11H2,1H3,(H,12,15)(H,13,14). The van der Waals surface area contributed by atoms with E-state index in [0.717, 1.165) is 0 Å². The molecular formula is C10H18N2O4. The summed E-state index contributed by atoms with van der Waals surface area (Å²) in [5, 5.41) is 11.2. The summed E-state index contributed by atoms with van der Waals surface area (Å²) >= 11 is 0. The van der Waals surface area contributed by atoms with Crippen LogP contribution in [0.4, 0.5) is 0 Å². The molecule has 0 aliphatic carbocycles. The van der Waals surface area contributed by atoms with Crippen LogP contribution in [-0.2, 0) is 14.3 Å². The van der Waals surface area contributed by atoms with Gasteiger partial charge in [0.25, 0.3) is 0 Å². The van der Waals surface area contributed by atoms with Crippen LogP contribution in [0.5, 0.6) is 0 Å². The normalized spacial score (nSPS) is 26.4. The number of hydrogen-bond acceptors (Lipinski definition) is 4. The van der Waals surface area contributed by atoms with E-state index >= 15 is 0 Å². The van der Waals surface area contributed by atoms with Crippen LogP contribution in [-0.4, -0.2) is 42.3 Å². The van der Waals surface area contributed by atoms with Gasteiger partial charge in [-0.25, -0.2) is 0 Å². The molecule has 0 aromatic rings. The Morgan fingerprint density at radius 1 is 1.56 bits per heavy atom. The van der Waals surface area contributed by atoms with Gasteiger partial charge < -0.3 is 20.9 Å². The molecule has 1 rings (SSSR count). The van der Waals surface area contributed by atoms with Crippen molar-refractivity contribution in [3.05, 3.63) is 0 Å². The summed E-state index contributed by atoms with van der Waals surface area (Å²) in [6.45, 7) is 2.53. The highest BCUT2D eigenvalue weighted by Crippen LogP contribution is 2.12. The Hall–Kier alpha value is -1.14. The van der Waals surface area contributed by atoms with Crippen molar-refractivity contribution in [2.24, 2.45) is 11.7 Å². The largest absolute Gasteiger partial charge is 0.481 e. The molecule has 0 bridgehead atoms. The molecule has 1 amide bonds. The van der Waals surface area contributed by atoms with Crippen molar-refractivity contribution in [3.63, 3.8) is 0 Å². The van der Waals surface area contributed by atoms with Crippen LogP contribution in [0.15, 0.2) is 0 Å². The molecule has 92 valence electrons. The van der Waals surface area contributed by atoms with Crippen molar-refractivity contribution in [2.45, 2.75) is 31.8 Å². The van der Waals surface area contributed by atoms with E-state index in [2.05, 4.69) is 5.32 Å². The highest BCUT2D eigenvalue weighted by atomic mass is 16.5. The summed E-state index contributed by atoms with van der Waals surface area (Å²) in [6.07, 6.45) is 0.471. The van der Waals surface area contributed by atoms with E-state index in [-0.39, 0.29) is 30.3 Å². The number of carbonyl (C=O) groups is 2. The van der Waals surface area contributed by atoms with Crippen LogP contribution in [0, 0.1) is 5.92 Å². The van der Waals surface area contributed by atoms with Crippen LogP contribution < -0.4 is 11.1 Å². The lowest BCUT2D eigenvalue weighted by Gasteiger charge is -2.17. The van der Waals surface area contributed by atoms with Gasteiger partial charge in [-0.15, -0.1) is 0 Å². The van der Waals surface area contributed by atoms with Crippen molar-refractivity contribution in [1.82, 2.24) is 5.32 Å². The minimum Gasteiger partial charge on any atom is -0.481 e. The van der Waals surface area contributed by atoms with Gasteiger partial charge in [0.2, 0.25) is 5.91 Å². The number of aliphatic carboxylic acids is 1. The highest BCUT2D eigenvalue weighted by Gasteiger charge is 2.31. The summed E-state index contributed by atoms with van der Waals surface area (Å²) < 4.78 is 5.09. The molecule has 3 unspecified atom stereocenters. The molecule has 0 aromatic carbocycles. The Morgan fingerprint density at radius 3 is 2.75 bits per heavy atom. The second-order valence-corrected chi connectivity index (χ2v) is 4.15. The van der Waals surface area contributed by atoms with E-state index in [1.807, 2.05) is 0 Å². The molecule has 1 heterocycles. The lowest BCUT2D eigenvalue weighted by atomic mass is 10.0. The van der Waals surface area contributed by atoms with Gasteiger partial charge in [-0.2, -0.15) is 0 Å². The molecule has 6 nitrogen and oxygen atoms in total. The van der Waals surface area contributed by atoms with Crippen LogP contribution in [0.3, 0.4) is 0 Å². The number of hydrogen-bond donors (Lipinski definition) is 3. The number of nitrogens with two attached hydrogens (primary N) is 1. The number of carbonyl (C=O) groups excluding carboxylic acids is 1. The number of ether oxygens (including phenoxy) is 1. The quantitative estimate of drug-likeness (QED) is 0.581. The molecule has 0 radical (unpaired) electrons. The maximum absolute atomic E-state index is 11.7. The summed E-state index contributed by atoms with van der Waals surface area (Å²) in [5.41, 5.74) is 5.70. The predicted molar refractivity (Wildman–Crippen MR) is 56.8 cm³/mol. The summed E-state index contributed by atoms with van der Waals surface area (Å²) in [6, 6.07) is -0.414. The predicted octanol–water partition coefficient (Wildman–Crippen LogP) is -0.670. The van der Waals surface area contributed by atoms with Gasteiger partial charge in [0.15, 0.2) is 0 Å². The van der Waals surface area contributed by atoms with Gasteiger partial charge in [0, 0.05) is 18.5 Å². The van der Waals surface area contributed by atoms with Gasteiger partial charge in [-0.1, -0.05) is 0 Å². The second-order valence-electron chi connectivity index (χ2n) is 4.15. The van der Waals surface area contributed by atoms with Crippen LogP contribution in [0.25, 0.3) is 0 Å². The summed E-state index contributed by atoms with van der Waals surface area (Å²) in [7, 11) is 0. The molecule has 1 aliphatic heterocycles. The molecule has 4 N–H and O–H groups in total. The minimum atomic E-state index is -0.859. The lowest BCUT2D eigenvalue weighted by molar-refractivity contribution is -0.137. The number of carboxylic acids is 1. The molecule has 0 spiro atoms. The maximum atomic E-state index is 11.7. The Balaban J connectivity index is 2.30. The van der Waals surface area contributed by atoms with E-state index in [0.29, 0.717) is 19.6 Å². The summed E-state index contributed by atoms with van der Waals surface area (Å²) in [4.78, 5) is 22.0. The average molecular weight is 230 g/mol. The molecular weight excluding hydrogens is 212 g/mol. The maximum Gasteiger partial charge on any atom is 0.303 e. The zero-order valence-electron chi connectivity index (χ0n) is 9.31. The Bertz CT molecular complexity index is 270. The number of carboxylic acid groups (broad SMARTS) is 1. The molecule has 3 atom stereocenters. The van der Waals surface area contributed by atoms with E-state index < -0.39 is 5.97 Å². The van der Waals surface area contributed by atoms with E-state index in [4.69, 9.17) is 15.6 Å². The fourth-order valence-electron chi connectivity index (χ4n) is 1.60. The molecule has 1 fully saturated rings. The molecule has 0 aromatic heterocycles. The minimum absolute atomic E-state index is 0.0503. The second kappa shape index (κ2) is 5.81. The molecule has 1 saturated heterocycles. The number of rotatable bonds is 5. The van der Waals surface area contributed by atoms with Crippen LogP contribution in [0.1, 0.15) is 19.8 Å². The molecule has 6 heteroatoms. The van der Waals surface area contributed by atoms with Crippen molar-refractivity contribution in [2.75, 3.05) is 13.2 Å². The smallest absolute Gasteiger partial charge is 0.303 e. The SMILES string of the molecule is CC(CCC(=O)O)NC(=O)C1COCC1N. The fourth-order valence-corrected chi connectivity index (χ4v) is 1.60. The van der Waals surface area contributed by atoms with Crippen molar-refractivity contribution >= 4 is 11.9 Å². The van der Waals surface area contributed by atoms with Crippen molar-refractivity contribution < 1.29 is 19.4 Å². The van der Waals surface area contributed by atoms with Crippen LogP contribution >= 0.6 is 0 Å². The molecule has 0 saturated carbocycles. The third-order valence-electron chi connectivity index (χ3n) is 2.64. The Morgan fingerprint density at radius 2 is 2.25 bits per heavy atom. The van der Waals surface area contributed by atoms with Crippen LogP contribution in [0.2, 0.25) is 0 Å². The Labute approximate surface area is 94.1 Å². The van der Waals surface area contributed by atoms with Gasteiger partial charge in [-0.05, 0) is 13.3 Å². The van der Waals surface area contributed by atoms with E-state index in [1.54, 1.807) is 6.92 Å². The first-order valence-electron chi connectivity index (χ1n) is 5.36. The lowest BCUT2D eigenvalue weighted by Crippen LogP contribution is -2.44. The molecule has 16 heavy (non-hydrogen) atoms. The number of amides is 1. The van der Waals surface area contributed by atoms with Crippen molar-refractivity contribution in [3.8, 4) is 0 Å². The van der Waals surface area contributed by atoms with E-state index in [9.17, 15) is 9.59 Å².